The minimum absolute atomic E-state index is 0.857. The molecule has 0 N–H and O–H groups in total. The van der Waals surface area contributed by atoms with E-state index in [0.717, 1.165) is 21.6 Å². The molecule has 0 unspecified atom stereocenters. The molecule has 0 amide bonds. The number of benzene rings is 1. The van der Waals surface area contributed by atoms with Crippen LogP contribution in [0.1, 0.15) is 0 Å². The van der Waals surface area contributed by atoms with Crippen molar-refractivity contribution in [2.75, 3.05) is 12.9 Å². The first-order valence-corrected chi connectivity index (χ1v) is 6.29. The van der Waals surface area contributed by atoms with Crippen molar-refractivity contribution in [3.05, 3.63) is 35.7 Å². The van der Waals surface area contributed by atoms with Crippen molar-refractivity contribution in [2.24, 2.45) is 4.99 Å². The summed E-state index contributed by atoms with van der Waals surface area (Å²) in [7, 11) is 1.66. The van der Waals surface area contributed by atoms with Crippen molar-refractivity contribution >= 4 is 33.6 Å². The quantitative estimate of drug-likeness (QED) is 0.783. The maximum Gasteiger partial charge on any atom is 0.135 e. The van der Waals surface area contributed by atoms with E-state index in [2.05, 4.69) is 11.6 Å². The summed E-state index contributed by atoms with van der Waals surface area (Å²) in [4.78, 5) is 5.68. The van der Waals surface area contributed by atoms with Crippen molar-refractivity contribution in [3.8, 4) is 5.75 Å². The van der Waals surface area contributed by atoms with Gasteiger partial charge >= 0.3 is 0 Å². The van der Waals surface area contributed by atoms with E-state index < -0.39 is 0 Å². The summed E-state index contributed by atoms with van der Waals surface area (Å²) in [5.41, 5.74) is 0.959. The number of methoxy groups -OCH3 is 1. The zero-order chi connectivity index (χ0) is 10.7. The van der Waals surface area contributed by atoms with Crippen LogP contribution in [0.25, 0.3) is 0 Å². The third-order valence-electron chi connectivity index (χ3n) is 1.88. The van der Waals surface area contributed by atoms with Crippen LogP contribution in [-0.2, 0) is 0 Å². The lowest BCUT2D eigenvalue weighted by atomic mass is 10.3. The van der Waals surface area contributed by atoms with Crippen molar-refractivity contribution in [3.63, 3.8) is 0 Å². The van der Waals surface area contributed by atoms with Crippen LogP contribution < -0.4 is 4.74 Å². The third-order valence-corrected chi connectivity index (χ3v) is 4.20. The van der Waals surface area contributed by atoms with Crippen LogP contribution in [0, 0.1) is 0 Å². The lowest BCUT2D eigenvalue weighted by Crippen LogP contribution is -1.80. The predicted molar refractivity (Wildman–Crippen MR) is 69.3 cm³/mol. The van der Waals surface area contributed by atoms with Gasteiger partial charge in [-0.25, -0.2) is 4.99 Å². The van der Waals surface area contributed by atoms with Gasteiger partial charge in [-0.3, -0.25) is 0 Å². The lowest BCUT2D eigenvalue weighted by Gasteiger charge is -1.99. The Morgan fingerprint density at radius 2 is 2.07 bits per heavy atom. The fraction of sp³-hybridized carbons (Fsp3) is 0.182. The van der Waals surface area contributed by atoms with Crippen LogP contribution in [0.2, 0.25) is 0 Å². The summed E-state index contributed by atoms with van der Waals surface area (Å²) in [5.74, 6) is 1.83. The van der Waals surface area contributed by atoms with E-state index in [-0.39, 0.29) is 0 Å². The van der Waals surface area contributed by atoms with Gasteiger partial charge in [0.05, 0.1) is 12.8 Å². The normalized spacial score (nSPS) is 18.5. The fourth-order valence-corrected chi connectivity index (χ4v) is 3.17. The summed E-state index contributed by atoms with van der Waals surface area (Å²) in [6.07, 6.45) is 0. The Kier molecular flexibility index (Phi) is 3.38. The SMILES string of the molecule is C=C1CSC(=Nc2ccc(OC)cc2)S1. The smallest absolute Gasteiger partial charge is 0.135 e. The molecule has 1 aliphatic rings. The minimum atomic E-state index is 0.857. The van der Waals surface area contributed by atoms with Gasteiger partial charge in [0.15, 0.2) is 0 Å². The Hall–Kier alpha value is -0.870. The van der Waals surface area contributed by atoms with Crippen molar-refractivity contribution in [1.82, 2.24) is 0 Å². The van der Waals surface area contributed by atoms with E-state index in [1.54, 1.807) is 30.6 Å². The number of hydrogen-bond acceptors (Lipinski definition) is 4. The monoisotopic (exact) mass is 237 g/mol. The molecule has 0 saturated carbocycles. The molecule has 2 nitrogen and oxygen atoms in total. The minimum Gasteiger partial charge on any atom is -0.497 e. The van der Waals surface area contributed by atoms with Gasteiger partial charge < -0.3 is 4.74 Å². The van der Waals surface area contributed by atoms with Crippen molar-refractivity contribution in [1.29, 1.82) is 0 Å². The molecule has 1 aromatic rings. The van der Waals surface area contributed by atoms with Crippen LogP contribution in [-0.4, -0.2) is 17.2 Å². The summed E-state index contributed by atoms with van der Waals surface area (Å²) in [5, 5.41) is 0. The average Bonchev–Trinajstić information content (AvgIpc) is 2.65. The second-order valence-corrected chi connectivity index (χ2v) is 5.40. The number of nitrogens with zero attached hydrogens (tertiary/aromatic N) is 1. The molecule has 4 heteroatoms. The van der Waals surface area contributed by atoms with E-state index >= 15 is 0 Å². The van der Waals surface area contributed by atoms with Crippen molar-refractivity contribution < 1.29 is 4.74 Å². The Balaban J connectivity index is 2.13. The maximum atomic E-state index is 5.08. The van der Waals surface area contributed by atoms with Gasteiger partial charge in [-0.15, -0.1) is 0 Å². The maximum absolute atomic E-state index is 5.08. The number of thioether (sulfide) groups is 2. The molecule has 0 aliphatic carbocycles. The molecule has 1 aliphatic heterocycles. The molecule has 0 spiro atoms. The van der Waals surface area contributed by atoms with E-state index in [0.29, 0.717) is 0 Å². The van der Waals surface area contributed by atoms with E-state index in [1.165, 1.54) is 4.91 Å². The molecule has 0 radical (unpaired) electrons. The van der Waals surface area contributed by atoms with Gasteiger partial charge in [-0.1, -0.05) is 30.1 Å². The van der Waals surface area contributed by atoms with Crippen LogP contribution >= 0.6 is 23.5 Å². The molecular formula is C11H11NOS2. The summed E-state index contributed by atoms with van der Waals surface area (Å²) in [6, 6.07) is 7.74. The molecule has 78 valence electrons. The van der Waals surface area contributed by atoms with Gasteiger partial charge in [0, 0.05) is 5.75 Å². The molecule has 1 fully saturated rings. The number of ether oxygens (including phenoxy) is 1. The number of aliphatic imine (C=N–C) groups is 1. The van der Waals surface area contributed by atoms with Crippen LogP contribution in [0.5, 0.6) is 5.75 Å². The second-order valence-electron chi connectivity index (χ2n) is 3.01. The Bertz CT molecular complexity index is 398. The molecule has 1 aromatic carbocycles. The highest BCUT2D eigenvalue weighted by Crippen LogP contribution is 2.36. The van der Waals surface area contributed by atoms with E-state index in [9.17, 15) is 0 Å². The van der Waals surface area contributed by atoms with Gasteiger partial charge in [-0.2, -0.15) is 0 Å². The Labute approximate surface area is 97.8 Å². The highest BCUT2D eigenvalue weighted by molar-refractivity contribution is 8.43. The second kappa shape index (κ2) is 4.77. The predicted octanol–water partition coefficient (Wildman–Crippen LogP) is 3.68. The lowest BCUT2D eigenvalue weighted by molar-refractivity contribution is 0.415. The summed E-state index contributed by atoms with van der Waals surface area (Å²) >= 11 is 3.40. The van der Waals surface area contributed by atoms with Gasteiger partial charge in [-0.05, 0) is 29.2 Å². The third kappa shape index (κ3) is 2.79. The molecule has 15 heavy (non-hydrogen) atoms. The van der Waals surface area contributed by atoms with Gasteiger partial charge in [0.2, 0.25) is 0 Å². The summed E-state index contributed by atoms with van der Waals surface area (Å²) < 4.78 is 6.16. The zero-order valence-electron chi connectivity index (χ0n) is 8.40. The van der Waals surface area contributed by atoms with Crippen LogP contribution in [0.3, 0.4) is 0 Å². The number of rotatable bonds is 2. The molecule has 1 saturated heterocycles. The molecule has 0 bridgehead atoms. The van der Waals surface area contributed by atoms with Gasteiger partial charge in [0.1, 0.15) is 10.1 Å². The Morgan fingerprint density at radius 1 is 1.33 bits per heavy atom. The van der Waals surface area contributed by atoms with E-state index in [1.807, 2.05) is 24.3 Å². The van der Waals surface area contributed by atoms with E-state index in [4.69, 9.17) is 4.74 Å². The first kappa shape index (κ1) is 10.6. The molecule has 1 heterocycles. The Morgan fingerprint density at radius 3 is 2.60 bits per heavy atom. The average molecular weight is 237 g/mol. The highest BCUT2D eigenvalue weighted by atomic mass is 32.2. The number of hydrogen-bond donors (Lipinski definition) is 0. The molecule has 0 atom stereocenters. The molecule has 2 rings (SSSR count). The van der Waals surface area contributed by atoms with Gasteiger partial charge in [0.25, 0.3) is 0 Å². The van der Waals surface area contributed by atoms with Crippen LogP contribution in [0.15, 0.2) is 40.7 Å². The summed E-state index contributed by atoms with van der Waals surface area (Å²) in [6.45, 7) is 3.91. The standard InChI is InChI=1S/C11H11NOS2/c1-8-7-14-11(15-8)12-9-3-5-10(13-2)6-4-9/h3-6H,1,7H2,2H3. The van der Waals surface area contributed by atoms with Crippen LogP contribution in [0.4, 0.5) is 5.69 Å². The highest BCUT2D eigenvalue weighted by Gasteiger charge is 2.13. The largest absolute Gasteiger partial charge is 0.497 e. The molecular weight excluding hydrogens is 226 g/mol. The fourth-order valence-electron chi connectivity index (χ4n) is 1.14. The van der Waals surface area contributed by atoms with Crippen molar-refractivity contribution in [2.45, 2.75) is 0 Å². The topological polar surface area (TPSA) is 21.6 Å². The first-order chi connectivity index (χ1) is 7.28. The first-order valence-electron chi connectivity index (χ1n) is 4.49. The zero-order valence-corrected chi connectivity index (χ0v) is 10.0. The molecule has 0 aromatic heterocycles.